The summed E-state index contributed by atoms with van der Waals surface area (Å²) in [4.78, 5) is 11.4. The lowest BCUT2D eigenvalue weighted by atomic mass is 10.2. The van der Waals surface area contributed by atoms with Gasteiger partial charge in [0.15, 0.2) is 11.5 Å². The van der Waals surface area contributed by atoms with Crippen LogP contribution in [0.4, 0.5) is 0 Å². The van der Waals surface area contributed by atoms with Crippen molar-refractivity contribution in [2.45, 2.75) is 19.8 Å². The van der Waals surface area contributed by atoms with Gasteiger partial charge in [-0.1, -0.05) is 6.92 Å². The van der Waals surface area contributed by atoms with Gasteiger partial charge in [-0.25, -0.2) is 0 Å². The number of aryl methyl sites for hydroxylation is 1. The van der Waals surface area contributed by atoms with Gasteiger partial charge in [0.25, 0.3) is 0 Å². The second kappa shape index (κ2) is 5.12. The molecule has 0 aromatic carbocycles. The van der Waals surface area contributed by atoms with E-state index in [0.29, 0.717) is 12.2 Å². The molecule has 0 aliphatic carbocycles. The second-order valence-corrected chi connectivity index (χ2v) is 3.77. The Balaban J connectivity index is 2.55. The van der Waals surface area contributed by atoms with Gasteiger partial charge in [0.05, 0.1) is 0 Å². The number of hydrogen-bond acceptors (Lipinski definition) is 3. The van der Waals surface area contributed by atoms with Crippen LogP contribution in [-0.2, 0) is 6.42 Å². The van der Waals surface area contributed by atoms with Gasteiger partial charge in [-0.2, -0.15) is 11.8 Å². The monoisotopic (exact) mass is 198 g/mol. The van der Waals surface area contributed by atoms with Gasteiger partial charge in [-0.05, 0) is 18.4 Å². The number of carbonyl (C=O) groups is 1. The van der Waals surface area contributed by atoms with Gasteiger partial charge in [0.1, 0.15) is 5.76 Å². The van der Waals surface area contributed by atoms with E-state index in [-0.39, 0.29) is 5.78 Å². The molecule has 0 radical (unpaired) electrons. The molecular weight excluding hydrogens is 184 g/mol. The lowest BCUT2D eigenvalue weighted by molar-refractivity contribution is 0.0961. The number of hydrogen-bond donors (Lipinski definition) is 0. The van der Waals surface area contributed by atoms with Crippen molar-refractivity contribution in [3.8, 4) is 0 Å². The number of carbonyl (C=O) groups excluding carboxylic acids is 1. The summed E-state index contributed by atoms with van der Waals surface area (Å²) in [5.74, 6) is 2.36. The van der Waals surface area contributed by atoms with E-state index in [9.17, 15) is 4.79 Å². The molecule has 0 atom stereocenters. The van der Waals surface area contributed by atoms with E-state index in [4.69, 9.17) is 4.42 Å². The molecule has 1 aromatic heterocycles. The first-order chi connectivity index (χ1) is 6.27. The minimum absolute atomic E-state index is 0.106. The first-order valence-corrected chi connectivity index (χ1v) is 5.78. The van der Waals surface area contributed by atoms with Crippen molar-refractivity contribution >= 4 is 17.5 Å². The van der Waals surface area contributed by atoms with Gasteiger partial charge in [0, 0.05) is 18.6 Å². The van der Waals surface area contributed by atoms with Gasteiger partial charge < -0.3 is 4.42 Å². The third kappa shape index (κ3) is 2.92. The van der Waals surface area contributed by atoms with Gasteiger partial charge in [0.2, 0.25) is 0 Å². The standard InChI is InChI=1S/C10H14O2S/c1-3-8-4-5-10(12-8)9(11)6-7-13-2/h4-5H,3,6-7H2,1-2H3. The third-order valence-electron chi connectivity index (χ3n) is 1.82. The van der Waals surface area contributed by atoms with Crippen LogP contribution in [-0.4, -0.2) is 17.8 Å². The number of thioether (sulfide) groups is 1. The van der Waals surface area contributed by atoms with Crippen molar-refractivity contribution in [2.24, 2.45) is 0 Å². The molecule has 13 heavy (non-hydrogen) atoms. The lowest BCUT2D eigenvalue weighted by Crippen LogP contribution is -1.98. The Labute approximate surface area is 82.7 Å². The van der Waals surface area contributed by atoms with Crippen LogP contribution in [0.25, 0.3) is 0 Å². The van der Waals surface area contributed by atoms with E-state index in [0.717, 1.165) is 17.9 Å². The maximum absolute atomic E-state index is 11.4. The second-order valence-electron chi connectivity index (χ2n) is 2.79. The fraction of sp³-hybridized carbons (Fsp3) is 0.500. The van der Waals surface area contributed by atoms with Crippen LogP contribution < -0.4 is 0 Å². The highest BCUT2D eigenvalue weighted by atomic mass is 32.2. The number of ketones is 1. The minimum Gasteiger partial charge on any atom is -0.458 e. The molecule has 1 rings (SSSR count). The highest BCUT2D eigenvalue weighted by molar-refractivity contribution is 7.98. The van der Waals surface area contributed by atoms with Gasteiger partial charge >= 0.3 is 0 Å². The molecule has 0 unspecified atom stereocenters. The van der Waals surface area contributed by atoms with Crippen LogP contribution in [0.2, 0.25) is 0 Å². The first kappa shape index (κ1) is 10.4. The van der Waals surface area contributed by atoms with Crippen molar-refractivity contribution in [2.75, 3.05) is 12.0 Å². The molecule has 3 heteroatoms. The molecular formula is C10H14O2S. The van der Waals surface area contributed by atoms with E-state index in [1.807, 2.05) is 19.2 Å². The Kier molecular flexibility index (Phi) is 4.09. The summed E-state index contributed by atoms with van der Waals surface area (Å²) < 4.78 is 5.33. The average molecular weight is 198 g/mol. The lowest BCUT2D eigenvalue weighted by Gasteiger charge is -1.94. The Morgan fingerprint density at radius 3 is 2.85 bits per heavy atom. The Morgan fingerprint density at radius 2 is 2.31 bits per heavy atom. The van der Waals surface area contributed by atoms with Crippen molar-refractivity contribution in [1.29, 1.82) is 0 Å². The summed E-state index contributed by atoms with van der Waals surface area (Å²) in [6.45, 7) is 2.01. The van der Waals surface area contributed by atoms with E-state index in [1.54, 1.807) is 17.8 Å². The molecule has 1 aromatic rings. The van der Waals surface area contributed by atoms with Crippen LogP contribution in [0.1, 0.15) is 29.7 Å². The van der Waals surface area contributed by atoms with Crippen LogP contribution in [0.15, 0.2) is 16.5 Å². The summed E-state index contributed by atoms with van der Waals surface area (Å²) in [6, 6.07) is 3.63. The zero-order chi connectivity index (χ0) is 9.68. The molecule has 72 valence electrons. The predicted molar refractivity (Wildman–Crippen MR) is 55.4 cm³/mol. The summed E-state index contributed by atoms with van der Waals surface area (Å²) in [5.41, 5.74) is 0. The average Bonchev–Trinajstić information content (AvgIpc) is 2.62. The Morgan fingerprint density at radius 1 is 1.54 bits per heavy atom. The third-order valence-corrected chi connectivity index (χ3v) is 2.43. The van der Waals surface area contributed by atoms with Crippen LogP contribution in [0.3, 0.4) is 0 Å². The smallest absolute Gasteiger partial charge is 0.198 e. The zero-order valence-electron chi connectivity index (χ0n) is 8.00. The summed E-state index contributed by atoms with van der Waals surface area (Å²) >= 11 is 1.67. The molecule has 0 saturated carbocycles. The highest BCUT2D eigenvalue weighted by Gasteiger charge is 2.09. The molecule has 0 N–H and O–H groups in total. The maximum Gasteiger partial charge on any atom is 0.198 e. The Hall–Kier alpha value is -0.700. The van der Waals surface area contributed by atoms with Crippen LogP contribution >= 0.6 is 11.8 Å². The van der Waals surface area contributed by atoms with Gasteiger partial charge in [-0.3, -0.25) is 4.79 Å². The van der Waals surface area contributed by atoms with Crippen molar-refractivity contribution in [3.05, 3.63) is 23.7 Å². The molecule has 2 nitrogen and oxygen atoms in total. The quantitative estimate of drug-likeness (QED) is 0.681. The molecule has 1 heterocycles. The van der Waals surface area contributed by atoms with E-state index in [2.05, 4.69) is 0 Å². The van der Waals surface area contributed by atoms with Gasteiger partial charge in [-0.15, -0.1) is 0 Å². The molecule has 0 aliphatic heterocycles. The van der Waals surface area contributed by atoms with Crippen molar-refractivity contribution < 1.29 is 9.21 Å². The van der Waals surface area contributed by atoms with E-state index < -0.39 is 0 Å². The normalized spacial score (nSPS) is 10.3. The highest BCUT2D eigenvalue weighted by Crippen LogP contribution is 2.11. The molecule has 0 saturated heterocycles. The summed E-state index contributed by atoms with van der Waals surface area (Å²) in [7, 11) is 0. The van der Waals surface area contributed by atoms with E-state index >= 15 is 0 Å². The number of rotatable bonds is 5. The van der Waals surface area contributed by atoms with E-state index in [1.165, 1.54) is 0 Å². The molecule has 0 fully saturated rings. The summed E-state index contributed by atoms with van der Waals surface area (Å²) in [6.07, 6.45) is 3.40. The predicted octanol–water partition coefficient (Wildman–Crippen LogP) is 2.78. The maximum atomic E-state index is 11.4. The minimum atomic E-state index is 0.106. The number of furan rings is 1. The zero-order valence-corrected chi connectivity index (χ0v) is 8.82. The fourth-order valence-corrected chi connectivity index (χ4v) is 1.43. The topological polar surface area (TPSA) is 30.2 Å². The van der Waals surface area contributed by atoms with Crippen molar-refractivity contribution in [3.63, 3.8) is 0 Å². The first-order valence-electron chi connectivity index (χ1n) is 4.38. The number of Topliss-reactive ketones (excluding diaryl/α,β-unsaturated/α-hetero) is 1. The molecule has 0 aliphatic rings. The molecule has 0 amide bonds. The Bertz CT molecular complexity index is 278. The molecule has 0 bridgehead atoms. The van der Waals surface area contributed by atoms with Crippen LogP contribution in [0, 0.1) is 0 Å². The van der Waals surface area contributed by atoms with Crippen LogP contribution in [0.5, 0.6) is 0 Å². The summed E-state index contributed by atoms with van der Waals surface area (Å²) in [5, 5.41) is 0. The van der Waals surface area contributed by atoms with Crippen molar-refractivity contribution in [1.82, 2.24) is 0 Å². The largest absolute Gasteiger partial charge is 0.458 e. The fourth-order valence-electron chi connectivity index (χ4n) is 1.04. The SMILES string of the molecule is CCc1ccc(C(=O)CCSC)o1. The molecule has 0 spiro atoms.